The Balaban J connectivity index is 2.32. The predicted molar refractivity (Wildman–Crippen MR) is 74.0 cm³/mol. The first-order chi connectivity index (χ1) is 9.52. The number of hydrogen-bond acceptors (Lipinski definition) is 4. The Morgan fingerprint density at radius 3 is 2.60 bits per heavy atom. The molecule has 0 saturated heterocycles. The lowest BCUT2D eigenvalue weighted by atomic mass is 10.0. The van der Waals surface area contributed by atoms with Crippen molar-refractivity contribution in [3.8, 4) is 22.9 Å². The molecule has 0 radical (unpaired) electrons. The highest BCUT2D eigenvalue weighted by Gasteiger charge is 2.31. The third-order valence-corrected chi connectivity index (χ3v) is 4.25. The first-order valence-corrected chi connectivity index (χ1v) is 7.38. The normalized spacial score (nSPS) is 13.6. The van der Waals surface area contributed by atoms with Gasteiger partial charge in [0.25, 0.3) is 0 Å². The minimum Gasteiger partial charge on any atom is -0.612 e. The fourth-order valence-electron chi connectivity index (χ4n) is 2.40. The number of carbonyl (C=O) groups is 1. The van der Waals surface area contributed by atoms with Crippen molar-refractivity contribution in [1.82, 2.24) is 0 Å². The Morgan fingerprint density at radius 2 is 1.95 bits per heavy atom. The number of phenolic OH excluding ortho intramolecular Hbond substituents is 1. The van der Waals surface area contributed by atoms with Crippen LogP contribution in [0.4, 0.5) is 0 Å². The van der Waals surface area contributed by atoms with Gasteiger partial charge in [-0.15, -0.1) is 0 Å². The Bertz CT molecular complexity index is 790. The van der Waals surface area contributed by atoms with Gasteiger partial charge in [-0.3, -0.25) is 4.79 Å². The molecule has 0 aliphatic heterocycles. The molecule has 1 N–H and O–H groups in total. The van der Waals surface area contributed by atoms with Crippen molar-refractivity contribution in [2.24, 2.45) is 0 Å². The van der Waals surface area contributed by atoms with Crippen molar-refractivity contribution in [3.63, 3.8) is 0 Å². The lowest BCUT2D eigenvalue weighted by Gasteiger charge is -2.06. The van der Waals surface area contributed by atoms with Crippen molar-refractivity contribution in [2.75, 3.05) is 6.26 Å². The lowest BCUT2D eigenvalue weighted by molar-refractivity contribution is 0.104. The van der Waals surface area contributed by atoms with E-state index in [0.717, 1.165) is 0 Å². The Labute approximate surface area is 118 Å². The molecule has 1 unspecified atom stereocenters. The maximum Gasteiger partial charge on any atom is 0.198 e. The van der Waals surface area contributed by atoms with E-state index in [1.807, 2.05) is 6.07 Å². The number of carbonyl (C=O) groups excluding carboxylic acids is 1. The summed E-state index contributed by atoms with van der Waals surface area (Å²) in [5.41, 5.74) is 2.08. The average molecular weight is 283 g/mol. The van der Waals surface area contributed by atoms with E-state index in [1.54, 1.807) is 30.5 Å². The molecule has 20 heavy (non-hydrogen) atoms. The molecule has 0 bridgehead atoms. The van der Waals surface area contributed by atoms with Gasteiger partial charge in [0.15, 0.2) is 10.7 Å². The van der Waals surface area contributed by atoms with Gasteiger partial charge >= 0.3 is 0 Å². The summed E-state index contributed by atoms with van der Waals surface area (Å²) in [6.45, 7) is 0. The number of benzene rings is 2. The van der Waals surface area contributed by atoms with Crippen molar-refractivity contribution < 1.29 is 14.5 Å². The van der Waals surface area contributed by atoms with Gasteiger partial charge in [0, 0.05) is 11.6 Å². The maximum absolute atomic E-state index is 12.3. The first kappa shape index (κ1) is 12.7. The van der Waals surface area contributed by atoms with E-state index in [-0.39, 0.29) is 22.7 Å². The van der Waals surface area contributed by atoms with Gasteiger partial charge in [-0.25, -0.2) is 0 Å². The molecule has 0 heterocycles. The number of ketones is 1. The zero-order valence-corrected chi connectivity index (χ0v) is 11.3. The van der Waals surface area contributed by atoms with E-state index in [9.17, 15) is 14.5 Å². The Kier molecular flexibility index (Phi) is 2.78. The van der Waals surface area contributed by atoms with Crippen molar-refractivity contribution in [1.29, 1.82) is 5.26 Å². The number of rotatable bonds is 1. The second kappa shape index (κ2) is 4.37. The minimum absolute atomic E-state index is 0.195. The third-order valence-electron chi connectivity index (χ3n) is 3.33. The highest BCUT2D eigenvalue weighted by Crippen LogP contribution is 2.42. The van der Waals surface area contributed by atoms with E-state index in [4.69, 9.17) is 5.26 Å². The van der Waals surface area contributed by atoms with Crippen LogP contribution in [0.15, 0.2) is 35.2 Å². The number of aromatic hydroxyl groups is 1. The molecule has 1 atom stereocenters. The molecule has 5 heteroatoms. The molecule has 1 aliphatic rings. The van der Waals surface area contributed by atoms with Gasteiger partial charge in [-0.2, -0.15) is 5.26 Å². The molecule has 1 aliphatic carbocycles. The second-order valence-corrected chi connectivity index (χ2v) is 5.90. The smallest absolute Gasteiger partial charge is 0.198 e. The monoisotopic (exact) mass is 283 g/mol. The van der Waals surface area contributed by atoms with Gasteiger partial charge in [0.05, 0.1) is 17.2 Å². The summed E-state index contributed by atoms with van der Waals surface area (Å²) >= 11 is -1.16. The largest absolute Gasteiger partial charge is 0.612 e. The summed E-state index contributed by atoms with van der Waals surface area (Å²) in [5.74, 6) is -0.468. The van der Waals surface area contributed by atoms with Crippen molar-refractivity contribution >= 4 is 17.0 Å². The highest BCUT2D eigenvalue weighted by atomic mass is 32.2. The van der Waals surface area contributed by atoms with E-state index in [1.165, 1.54) is 6.07 Å². The van der Waals surface area contributed by atoms with Crippen LogP contribution in [0.5, 0.6) is 5.75 Å². The van der Waals surface area contributed by atoms with E-state index in [2.05, 4.69) is 0 Å². The van der Waals surface area contributed by atoms with Crippen LogP contribution in [-0.2, 0) is 11.2 Å². The molecule has 98 valence electrons. The van der Waals surface area contributed by atoms with E-state index >= 15 is 0 Å². The number of nitriles is 1. The Morgan fingerprint density at radius 1 is 1.20 bits per heavy atom. The van der Waals surface area contributed by atoms with Crippen LogP contribution in [0.3, 0.4) is 0 Å². The summed E-state index contributed by atoms with van der Waals surface area (Å²) in [6.07, 6.45) is 1.56. The van der Waals surface area contributed by atoms with E-state index in [0.29, 0.717) is 21.6 Å². The summed E-state index contributed by atoms with van der Waals surface area (Å²) in [5, 5.41) is 18.9. The fourth-order valence-corrected chi connectivity index (χ4v) is 2.94. The maximum atomic E-state index is 12.3. The molecule has 0 fully saturated rings. The van der Waals surface area contributed by atoms with Crippen LogP contribution in [0.25, 0.3) is 11.1 Å². The summed E-state index contributed by atoms with van der Waals surface area (Å²) < 4.78 is 11.6. The molecule has 0 saturated carbocycles. The molecular formula is C15H9NO3S. The van der Waals surface area contributed by atoms with Gasteiger partial charge in [0.2, 0.25) is 0 Å². The molecule has 2 aromatic rings. The zero-order valence-electron chi connectivity index (χ0n) is 10.5. The highest BCUT2D eigenvalue weighted by molar-refractivity contribution is 7.90. The topological polar surface area (TPSA) is 84.2 Å². The predicted octanol–water partition coefficient (Wildman–Crippen LogP) is 2.21. The summed E-state index contributed by atoms with van der Waals surface area (Å²) in [6, 6.07) is 9.73. The Hall–Kier alpha value is -2.29. The van der Waals surface area contributed by atoms with Crippen LogP contribution < -0.4 is 0 Å². The van der Waals surface area contributed by atoms with Crippen molar-refractivity contribution in [3.05, 3.63) is 47.0 Å². The van der Waals surface area contributed by atoms with Crippen LogP contribution >= 0.6 is 0 Å². The molecule has 0 amide bonds. The van der Waals surface area contributed by atoms with E-state index < -0.39 is 11.2 Å². The van der Waals surface area contributed by atoms with Gasteiger partial charge < -0.3 is 9.66 Å². The SMILES string of the molecule is C[S+]([O-])c1ccc2c(c1)-c1cc(C#N)cc(O)c1C2=O. The molecule has 3 rings (SSSR count). The van der Waals surface area contributed by atoms with Crippen molar-refractivity contribution in [2.45, 2.75) is 4.90 Å². The van der Waals surface area contributed by atoms with Crippen LogP contribution in [-0.4, -0.2) is 21.7 Å². The number of fused-ring (bicyclic) bond motifs is 3. The average Bonchev–Trinajstić information content (AvgIpc) is 2.72. The van der Waals surface area contributed by atoms with Gasteiger partial charge in [-0.1, -0.05) is 0 Å². The molecule has 0 spiro atoms. The van der Waals surface area contributed by atoms with Gasteiger partial charge in [-0.05, 0) is 46.6 Å². The first-order valence-electron chi connectivity index (χ1n) is 5.82. The zero-order chi connectivity index (χ0) is 14.4. The molecular weight excluding hydrogens is 274 g/mol. The minimum atomic E-state index is -1.16. The molecule has 2 aromatic carbocycles. The molecule has 0 aromatic heterocycles. The second-order valence-electron chi connectivity index (χ2n) is 4.52. The summed E-state index contributed by atoms with van der Waals surface area (Å²) in [4.78, 5) is 12.9. The summed E-state index contributed by atoms with van der Waals surface area (Å²) in [7, 11) is 0. The standard InChI is InChI=1S/C15H9NO3S/c1-20(19)9-2-3-10-11(6-9)12-4-8(7-16)5-13(17)14(12)15(10)18/h2-6,17H,1H3. The molecule has 4 nitrogen and oxygen atoms in total. The van der Waals surface area contributed by atoms with Crippen LogP contribution in [0.2, 0.25) is 0 Å². The number of phenols is 1. The quantitative estimate of drug-likeness (QED) is 0.694. The lowest BCUT2D eigenvalue weighted by Crippen LogP contribution is -1.99. The number of nitrogens with zero attached hydrogens (tertiary/aromatic N) is 1. The van der Waals surface area contributed by atoms with Gasteiger partial charge in [0.1, 0.15) is 12.0 Å². The fraction of sp³-hybridized carbons (Fsp3) is 0.0667. The van der Waals surface area contributed by atoms with Crippen LogP contribution in [0.1, 0.15) is 21.5 Å². The number of hydrogen-bond donors (Lipinski definition) is 1. The van der Waals surface area contributed by atoms with Crippen LogP contribution in [0, 0.1) is 11.3 Å². The third kappa shape index (κ3) is 1.70.